The fraction of sp³-hybridized carbons (Fsp3) is 0.292. The number of hydrogen-bond acceptors (Lipinski definition) is 4. The molecule has 30 heavy (non-hydrogen) atoms. The van der Waals surface area contributed by atoms with Crippen LogP contribution in [0.4, 0.5) is 0 Å². The molecule has 0 aliphatic carbocycles. The Kier molecular flexibility index (Phi) is 5.15. The second-order valence-corrected chi connectivity index (χ2v) is 7.98. The van der Waals surface area contributed by atoms with Crippen LogP contribution in [0.3, 0.4) is 0 Å². The third-order valence-corrected chi connectivity index (χ3v) is 5.59. The zero-order chi connectivity index (χ0) is 21.4. The lowest BCUT2D eigenvalue weighted by molar-refractivity contribution is 0.0651. The summed E-state index contributed by atoms with van der Waals surface area (Å²) in [7, 11) is 0. The molecule has 2 heterocycles. The van der Waals surface area contributed by atoms with E-state index in [1.165, 1.54) is 0 Å². The lowest BCUT2D eigenvalue weighted by atomic mass is 9.96. The molecule has 0 saturated heterocycles. The largest absolute Gasteiger partial charge is 0.392 e. The van der Waals surface area contributed by atoms with Gasteiger partial charge in [0.2, 0.25) is 0 Å². The first-order chi connectivity index (χ1) is 14.4. The number of nitrogens with zero attached hydrogens (tertiary/aromatic N) is 4. The minimum atomic E-state index is -0.0750. The van der Waals surface area contributed by atoms with Crippen LogP contribution in [0.15, 0.2) is 42.5 Å². The third-order valence-electron chi connectivity index (χ3n) is 5.59. The van der Waals surface area contributed by atoms with Gasteiger partial charge in [-0.05, 0) is 55.7 Å². The molecule has 3 aromatic rings. The number of carbonyl (C=O) groups excluding carboxylic acids is 1. The Labute approximate surface area is 176 Å². The number of carbonyl (C=O) groups is 1. The standard InChI is InChI=1S/C24H24N4O2/c1-15-8-16(2)23(20(9-15)14-29)21-10-22-24(30)27(12-17(3)28(22)26-21)13-19-6-4-18(11-25)5-7-19/h4-10,17,29H,12-14H2,1-3H3. The lowest BCUT2D eigenvalue weighted by Gasteiger charge is -2.31. The predicted octanol–water partition coefficient (Wildman–Crippen LogP) is 3.75. The first-order valence-electron chi connectivity index (χ1n) is 10.0. The van der Waals surface area contributed by atoms with Crippen LogP contribution in [-0.2, 0) is 13.2 Å². The van der Waals surface area contributed by atoms with Crippen LogP contribution in [0.2, 0.25) is 0 Å². The molecule has 1 amide bonds. The molecule has 1 aliphatic rings. The van der Waals surface area contributed by atoms with Gasteiger partial charge in [-0.25, -0.2) is 0 Å². The highest BCUT2D eigenvalue weighted by molar-refractivity contribution is 5.94. The molecule has 152 valence electrons. The normalized spacial score (nSPS) is 15.8. The molecule has 6 nitrogen and oxygen atoms in total. The first-order valence-corrected chi connectivity index (χ1v) is 10.0. The van der Waals surface area contributed by atoms with Crippen molar-refractivity contribution in [3.63, 3.8) is 0 Å². The van der Waals surface area contributed by atoms with Crippen LogP contribution in [0, 0.1) is 25.2 Å². The molecule has 0 fully saturated rings. The molecule has 6 heteroatoms. The Balaban J connectivity index is 1.68. The van der Waals surface area contributed by atoms with Gasteiger partial charge >= 0.3 is 0 Å². The topological polar surface area (TPSA) is 82.2 Å². The Morgan fingerprint density at radius 3 is 2.60 bits per heavy atom. The summed E-state index contributed by atoms with van der Waals surface area (Å²) in [6.45, 7) is 7.03. The Morgan fingerprint density at radius 1 is 1.20 bits per heavy atom. The van der Waals surface area contributed by atoms with E-state index >= 15 is 0 Å². The van der Waals surface area contributed by atoms with Gasteiger partial charge in [0.05, 0.1) is 30.0 Å². The molecule has 1 atom stereocenters. The fourth-order valence-electron chi connectivity index (χ4n) is 4.24. The highest BCUT2D eigenvalue weighted by Gasteiger charge is 2.31. The highest BCUT2D eigenvalue weighted by atomic mass is 16.3. The summed E-state index contributed by atoms with van der Waals surface area (Å²) in [5.41, 5.74) is 6.69. The van der Waals surface area contributed by atoms with Crippen molar-refractivity contribution in [2.45, 2.75) is 40.0 Å². The molecular formula is C24H24N4O2. The van der Waals surface area contributed by atoms with E-state index in [-0.39, 0.29) is 18.6 Å². The van der Waals surface area contributed by atoms with Gasteiger partial charge in [0.25, 0.3) is 5.91 Å². The van der Waals surface area contributed by atoms with Crippen molar-refractivity contribution < 1.29 is 9.90 Å². The van der Waals surface area contributed by atoms with Gasteiger partial charge in [-0.2, -0.15) is 10.4 Å². The number of benzene rings is 2. The van der Waals surface area contributed by atoms with Crippen LogP contribution in [-0.4, -0.2) is 32.2 Å². The number of nitriles is 1. The summed E-state index contributed by atoms with van der Waals surface area (Å²) < 4.78 is 1.80. The smallest absolute Gasteiger partial charge is 0.272 e. The van der Waals surface area contributed by atoms with Crippen LogP contribution < -0.4 is 0 Å². The average Bonchev–Trinajstić information content (AvgIpc) is 3.17. The first kappa shape index (κ1) is 19.9. The van der Waals surface area contributed by atoms with E-state index in [2.05, 4.69) is 12.1 Å². The maximum atomic E-state index is 13.2. The highest BCUT2D eigenvalue weighted by Crippen LogP contribution is 2.32. The molecule has 1 N–H and O–H groups in total. The minimum absolute atomic E-state index is 0.0353. The number of aromatic nitrogens is 2. The van der Waals surface area contributed by atoms with Crippen molar-refractivity contribution >= 4 is 5.91 Å². The maximum absolute atomic E-state index is 13.2. The maximum Gasteiger partial charge on any atom is 0.272 e. The Morgan fingerprint density at radius 2 is 1.93 bits per heavy atom. The van der Waals surface area contributed by atoms with Gasteiger partial charge in [-0.3, -0.25) is 9.48 Å². The fourth-order valence-corrected chi connectivity index (χ4v) is 4.24. The number of aliphatic hydroxyl groups is 1. The molecule has 1 unspecified atom stereocenters. The zero-order valence-electron chi connectivity index (χ0n) is 17.4. The van der Waals surface area contributed by atoms with Crippen molar-refractivity contribution in [3.05, 3.63) is 76.0 Å². The van der Waals surface area contributed by atoms with Crippen molar-refractivity contribution in [3.8, 4) is 17.3 Å². The number of rotatable bonds is 4. The number of hydrogen-bond donors (Lipinski definition) is 1. The minimum Gasteiger partial charge on any atom is -0.392 e. The van der Waals surface area contributed by atoms with Crippen LogP contribution in [0.25, 0.3) is 11.3 Å². The summed E-state index contributed by atoms with van der Waals surface area (Å²) in [6.07, 6.45) is 0. The van der Waals surface area contributed by atoms with E-state index in [9.17, 15) is 9.90 Å². The van der Waals surface area contributed by atoms with Gasteiger partial charge in [-0.1, -0.05) is 29.8 Å². The lowest BCUT2D eigenvalue weighted by Crippen LogP contribution is -2.41. The summed E-state index contributed by atoms with van der Waals surface area (Å²) >= 11 is 0. The van der Waals surface area contributed by atoms with Gasteiger partial charge in [0, 0.05) is 18.7 Å². The van der Waals surface area contributed by atoms with Crippen LogP contribution in [0.1, 0.15) is 51.3 Å². The number of aryl methyl sites for hydroxylation is 2. The van der Waals surface area contributed by atoms with Crippen molar-refractivity contribution in [2.75, 3.05) is 6.54 Å². The molecular weight excluding hydrogens is 376 g/mol. The quantitative estimate of drug-likeness (QED) is 0.723. The molecule has 0 spiro atoms. The summed E-state index contributed by atoms with van der Waals surface area (Å²) in [5.74, 6) is -0.0634. The summed E-state index contributed by atoms with van der Waals surface area (Å²) in [4.78, 5) is 15.0. The van der Waals surface area contributed by atoms with E-state index < -0.39 is 0 Å². The van der Waals surface area contributed by atoms with Crippen molar-refractivity contribution in [2.24, 2.45) is 0 Å². The van der Waals surface area contributed by atoms with Gasteiger partial charge < -0.3 is 10.0 Å². The van der Waals surface area contributed by atoms with Crippen molar-refractivity contribution in [1.82, 2.24) is 14.7 Å². The molecule has 4 rings (SSSR count). The monoisotopic (exact) mass is 400 g/mol. The summed E-state index contributed by atoms with van der Waals surface area (Å²) in [5, 5.41) is 23.6. The SMILES string of the molecule is Cc1cc(C)c(-c2cc3n(n2)C(C)CN(Cc2ccc(C#N)cc2)C3=O)c(CO)c1. The second-order valence-electron chi connectivity index (χ2n) is 7.98. The van der Waals surface area contributed by atoms with Gasteiger partial charge in [-0.15, -0.1) is 0 Å². The number of amides is 1. The zero-order valence-corrected chi connectivity index (χ0v) is 17.4. The number of fused-ring (bicyclic) bond motifs is 1. The van der Waals surface area contributed by atoms with E-state index in [0.29, 0.717) is 30.0 Å². The van der Waals surface area contributed by atoms with E-state index in [0.717, 1.165) is 27.8 Å². The predicted molar refractivity (Wildman–Crippen MR) is 114 cm³/mol. The van der Waals surface area contributed by atoms with Crippen LogP contribution >= 0.6 is 0 Å². The summed E-state index contributed by atoms with van der Waals surface area (Å²) in [6, 6.07) is 15.3. The van der Waals surface area contributed by atoms with E-state index in [1.807, 2.05) is 49.9 Å². The third kappa shape index (κ3) is 3.49. The molecule has 0 saturated carbocycles. The molecule has 1 aromatic heterocycles. The van der Waals surface area contributed by atoms with Crippen LogP contribution in [0.5, 0.6) is 0 Å². The van der Waals surface area contributed by atoms with Gasteiger partial charge in [0.15, 0.2) is 0 Å². The average molecular weight is 400 g/mol. The second kappa shape index (κ2) is 7.77. The van der Waals surface area contributed by atoms with E-state index in [1.54, 1.807) is 16.8 Å². The number of aliphatic hydroxyl groups excluding tert-OH is 1. The molecule has 1 aliphatic heterocycles. The Bertz CT molecular complexity index is 1160. The Hall–Kier alpha value is -3.43. The van der Waals surface area contributed by atoms with Crippen molar-refractivity contribution in [1.29, 1.82) is 5.26 Å². The molecule has 0 bridgehead atoms. The van der Waals surface area contributed by atoms with Gasteiger partial charge in [0.1, 0.15) is 5.69 Å². The molecule has 0 radical (unpaired) electrons. The molecule has 2 aromatic carbocycles. The van der Waals surface area contributed by atoms with E-state index in [4.69, 9.17) is 10.4 Å².